The van der Waals surface area contributed by atoms with Crippen LogP contribution in [0.2, 0.25) is 5.02 Å². The summed E-state index contributed by atoms with van der Waals surface area (Å²) in [5.74, 6) is -0.413. The molecular formula is C17H19ClN2O3S. The molecule has 0 unspecified atom stereocenters. The molecule has 0 aliphatic heterocycles. The van der Waals surface area contributed by atoms with Gasteiger partial charge in [-0.05, 0) is 49.2 Å². The molecule has 0 aliphatic rings. The summed E-state index contributed by atoms with van der Waals surface area (Å²) in [6, 6.07) is 12.2. The van der Waals surface area contributed by atoms with Crippen molar-refractivity contribution >= 4 is 38.9 Å². The number of nitrogens with zero attached hydrogens (tertiary/aromatic N) is 1. The Morgan fingerprint density at radius 2 is 1.79 bits per heavy atom. The number of rotatable bonds is 5. The summed E-state index contributed by atoms with van der Waals surface area (Å²) in [6.45, 7) is 3.31. The van der Waals surface area contributed by atoms with Crippen molar-refractivity contribution in [1.82, 2.24) is 0 Å². The molecule has 0 aliphatic carbocycles. The Morgan fingerprint density at radius 3 is 2.38 bits per heavy atom. The Morgan fingerprint density at radius 1 is 1.12 bits per heavy atom. The van der Waals surface area contributed by atoms with Crippen LogP contribution in [-0.2, 0) is 14.8 Å². The lowest BCUT2D eigenvalue weighted by molar-refractivity contribution is -0.114. The number of sulfonamides is 1. The van der Waals surface area contributed by atoms with Gasteiger partial charge in [0.15, 0.2) is 0 Å². The van der Waals surface area contributed by atoms with Gasteiger partial charge >= 0.3 is 0 Å². The monoisotopic (exact) mass is 366 g/mol. The lowest BCUT2D eigenvalue weighted by atomic mass is 10.2. The molecule has 1 N–H and O–H groups in total. The predicted octanol–water partition coefficient (Wildman–Crippen LogP) is 3.36. The van der Waals surface area contributed by atoms with Gasteiger partial charge in [0.1, 0.15) is 6.54 Å². The Hall–Kier alpha value is -2.05. The molecule has 2 aromatic carbocycles. The van der Waals surface area contributed by atoms with Crippen LogP contribution in [0.5, 0.6) is 0 Å². The van der Waals surface area contributed by atoms with E-state index in [-0.39, 0.29) is 6.54 Å². The number of benzene rings is 2. The second kappa shape index (κ2) is 7.23. The zero-order valence-corrected chi connectivity index (χ0v) is 15.3. The molecule has 128 valence electrons. The summed E-state index contributed by atoms with van der Waals surface area (Å²) in [7, 11) is -3.62. The summed E-state index contributed by atoms with van der Waals surface area (Å²) in [6.07, 6.45) is 1.07. The number of carbonyl (C=O) groups is 1. The van der Waals surface area contributed by atoms with Crippen LogP contribution in [0, 0.1) is 13.8 Å². The van der Waals surface area contributed by atoms with E-state index in [1.807, 2.05) is 19.1 Å². The molecule has 1 amide bonds. The van der Waals surface area contributed by atoms with Crippen molar-refractivity contribution in [2.45, 2.75) is 13.8 Å². The molecule has 5 nitrogen and oxygen atoms in total. The van der Waals surface area contributed by atoms with Crippen LogP contribution in [0.1, 0.15) is 11.1 Å². The molecular weight excluding hydrogens is 348 g/mol. The first-order valence-electron chi connectivity index (χ1n) is 7.28. The summed E-state index contributed by atoms with van der Waals surface area (Å²) in [4.78, 5) is 12.3. The predicted molar refractivity (Wildman–Crippen MR) is 98.2 cm³/mol. The van der Waals surface area contributed by atoms with E-state index < -0.39 is 15.9 Å². The first-order chi connectivity index (χ1) is 11.2. The fraction of sp³-hybridized carbons (Fsp3) is 0.235. The summed E-state index contributed by atoms with van der Waals surface area (Å²) in [5.41, 5.74) is 2.67. The molecule has 0 saturated carbocycles. The van der Waals surface area contributed by atoms with Gasteiger partial charge < -0.3 is 5.32 Å². The molecule has 0 heterocycles. The maximum absolute atomic E-state index is 12.3. The van der Waals surface area contributed by atoms with E-state index >= 15 is 0 Å². The maximum atomic E-state index is 12.3. The molecule has 0 bridgehead atoms. The van der Waals surface area contributed by atoms with Crippen LogP contribution < -0.4 is 9.62 Å². The van der Waals surface area contributed by atoms with E-state index in [2.05, 4.69) is 5.32 Å². The minimum atomic E-state index is -3.62. The van der Waals surface area contributed by atoms with Crippen molar-refractivity contribution in [1.29, 1.82) is 0 Å². The third kappa shape index (κ3) is 4.49. The standard InChI is InChI=1S/C17H19ClN2O3S/c1-12-6-4-5-7-15(12)19-17(21)11-20(24(3,22)23)16-9-8-14(18)10-13(16)2/h4-10H,11H2,1-3H3,(H,19,21). The molecule has 0 aromatic heterocycles. The largest absolute Gasteiger partial charge is 0.324 e. The summed E-state index contributed by atoms with van der Waals surface area (Å²) < 4.78 is 25.3. The van der Waals surface area contributed by atoms with Gasteiger partial charge in [-0.3, -0.25) is 9.10 Å². The quantitative estimate of drug-likeness (QED) is 0.882. The lowest BCUT2D eigenvalue weighted by Gasteiger charge is -2.24. The van der Waals surface area contributed by atoms with Gasteiger partial charge in [0.2, 0.25) is 15.9 Å². The summed E-state index contributed by atoms with van der Waals surface area (Å²) in [5, 5.41) is 3.25. The third-order valence-electron chi connectivity index (χ3n) is 3.53. The van der Waals surface area contributed by atoms with Crippen molar-refractivity contribution in [3.63, 3.8) is 0 Å². The highest BCUT2D eigenvalue weighted by atomic mass is 35.5. The molecule has 2 rings (SSSR count). The maximum Gasteiger partial charge on any atom is 0.245 e. The number of para-hydroxylation sites is 1. The molecule has 0 saturated heterocycles. The van der Waals surface area contributed by atoms with Crippen LogP contribution in [0.15, 0.2) is 42.5 Å². The number of nitrogens with one attached hydrogen (secondary N) is 1. The van der Waals surface area contributed by atoms with Gasteiger partial charge in [0, 0.05) is 10.7 Å². The van der Waals surface area contributed by atoms with Gasteiger partial charge in [-0.2, -0.15) is 0 Å². The second-order valence-corrected chi connectivity index (χ2v) is 7.91. The Bertz CT molecular complexity index is 866. The van der Waals surface area contributed by atoms with Crippen LogP contribution in [0.3, 0.4) is 0 Å². The first-order valence-corrected chi connectivity index (χ1v) is 9.50. The van der Waals surface area contributed by atoms with Gasteiger partial charge in [0.25, 0.3) is 0 Å². The van der Waals surface area contributed by atoms with Gasteiger partial charge in [-0.15, -0.1) is 0 Å². The van der Waals surface area contributed by atoms with E-state index in [1.54, 1.807) is 37.3 Å². The highest BCUT2D eigenvalue weighted by molar-refractivity contribution is 7.92. The minimum Gasteiger partial charge on any atom is -0.324 e. The number of amides is 1. The van der Waals surface area contributed by atoms with Gasteiger partial charge in [0.05, 0.1) is 11.9 Å². The van der Waals surface area contributed by atoms with E-state index in [0.717, 1.165) is 16.1 Å². The Kier molecular flexibility index (Phi) is 5.51. The van der Waals surface area contributed by atoms with Gasteiger partial charge in [-0.25, -0.2) is 8.42 Å². The summed E-state index contributed by atoms with van der Waals surface area (Å²) >= 11 is 5.92. The van der Waals surface area contributed by atoms with Gasteiger partial charge in [-0.1, -0.05) is 29.8 Å². The fourth-order valence-electron chi connectivity index (χ4n) is 2.31. The number of hydrogen-bond acceptors (Lipinski definition) is 3. The SMILES string of the molecule is Cc1ccccc1NC(=O)CN(c1ccc(Cl)cc1C)S(C)(=O)=O. The topological polar surface area (TPSA) is 66.5 Å². The van der Waals surface area contributed by atoms with Crippen molar-refractivity contribution in [2.75, 3.05) is 22.4 Å². The lowest BCUT2D eigenvalue weighted by Crippen LogP contribution is -2.38. The fourth-order valence-corrected chi connectivity index (χ4v) is 3.45. The van der Waals surface area contributed by atoms with Crippen LogP contribution in [0.25, 0.3) is 0 Å². The Labute approximate surface area is 147 Å². The molecule has 2 aromatic rings. The number of aryl methyl sites for hydroxylation is 2. The van der Waals surface area contributed by atoms with E-state index in [0.29, 0.717) is 22.0 Å². The van der Waals surface area contributed by atoms with E-state index in [4.69, 9.17) is 11.6 Å². The van der Waals surface area contributed by atoms with Crippen LogP contribution in [-0.4, -0.2) is 27.1 Å². The third-order valence-corrected chi connectivity index (χ3v) is 4.90. The highest BCUT2D eigenvalue weighted by Gasteiger charge is 2.22. The van der Waals surface area contributed by atoms with Crippen molar-refractivity contribution in [3.8, 4) is 0 Å². The highest BCUT2D eigenvalue weighted by Crippen LogP contribution is 2.25. The zero-order valence-electron chi connectivity index (χ0n) is 13.7. The van der Waals surface area contributed by atoms with Crippen LogP contribution in [0.4, 0.5) is 11.4 Å². The zero-order chi connectivity index (χ0) is 17.9. The van der Waals surface area contributed by atoms with E-state index in [9.17, 15) is 13.2 Å². The number of hydrogen-bond donors (Lipinski definition) is 1. The molecule has 0 spiro atoms. The molecule has 0 fully saturated rings. The minimum absolute atomic E-state index is 0.310. The first kappa shape index (κ1) is 18.3. The molecule has 0 atom stereocenters. The average molecular weight is 367 g/mol. The van der Waals surface area contributed by atoms with Crippen molar-refractivity contribution < 1.29 is 13.2 Å². The van der Waals surface area contributed by atoms with E-state index in [1.165, 1.54) is 0 Å². The Balaban J connectivity index is 2.27. The second-order valence-electron chi connectivity index (χ2n) is 5.56. The van der Waals surface area contributed by atoms with Crippen LogP contribution >= 0.6 is 11.6 Å². The van der Waals surface area contributed by atoms with Crippen molar-refractivity contribution in [2.24, 2.45) is 0 Å². The normalized spacial score (nSPS) is 11.2. The number of anilines is 2. The molecule has 0 radical (unpaired) electrons. The average Bonchev–Trinajstić information content (AvgIpc) is 2.47. The number of carbonyl (C=O) groups excluding carboxylic acids is 1. The number of halogens is 1. The van der Waals surface area contributed by atoms with Crippen molar-refractivity contribution in [3.05, 3.63) is 58.6 Å². The smallest absolute Gasteiger partial charge is 0.245 e. The molecule has 24 heavy (non-hydrogen) atoms. The molecule has 7 heteroatoms.